The molecule has 41 valence electrons. The summed E-state index contributed by atoms with van der Waals surface area (Å²) in [7, 11) is 0. The van der Waals surface area contributed by atoms with Crippen molar-refractivity contribution in [1.29, 1.82) is 0 Å². The monoisotopic (exact) mass is 107 g/mol. The largest absolute Gasteiger partial charge is 0.348 e. The molecule has 1 aliphatic carbocycles. The van der Waals surface area contributed by atoms with Crippen LogP contribution in [-0.4, -0.2) is 9.97 Å². The predicted molar refractivity (Wildman–Crippen MR) is 30.2 cm³/mol. The topological polar surface area (TPSA) is 28.7 Å². The minimum Gasteiger partial charge on any atom is -0.348 e. The van der Waals surface area contributed by atoms with Crippen LogP contribution < -0.4 is 0 Å². The molecule has 0 aliphatic heterocycles. The fourth-order valence-electron chi connectivity index (χ4n) is 0.758. The van der Waals surface area contributed by atoms with E-state index in [4.69, 9.17) is 0 Å². The first kappa shape index (κ1) is 4.13. The first-order chi connectivity index (χ1) is 3.97. The molecule has 0 saturated heterocycles. The van der Waals surface area contributed by atoms with Crippen molar-refractivity contribution in [1.82, 2.24) is 9.97 Å². The third-order valence-electron chi connectivity index (χ3n) is 1.33. The molecule has 1 aromatic rings. The number of H-pyrrole nitrogens is 1. The number of hydrogen-bond donors (Lipinski definition) is 1. The Morgan fingerprint density at radius 1 is 1.50 bits per heavy atom. The Hall–Kier alpha value is -0.790. The molecule has 1 radical (unpaired) electrons. The van der Waals surface area contributed by atoms with Crippen molar-refractivity contribution in [3.8, 4) is 0 Å². The molecule has 0 bridgehead atoms. The van der Waals surface area contributed by atoms with Gasteiger partial charge in [0.1, 0.15) is 5.82 Å². The first-order valence-corrected chi connectivity index (χ1v) is 2.81. The van der Waals surface area contributed by atoms with Gasteiger partial charge in [0.2, 0.25) is 0 Å². The van der Waals surface area contributed by atoms with Gasteiger partial charge in [-0.15, -0.1) is 0 Å². The zero-order valence-corrected chi connectivity index (χ0v) is 4.52. The van der Waals surface area contributed by atoms with E-state index in [1.165, 1.54) is 18.8 Å². The summed E-state index contributed by atoms with van der Waals surface area (Å²) in [6, 6.07) is 0. The molecule has 0 amide bonds. The average Bonchev–Trinajstić information content (AvgIpc) is 2.49. The molecule has 2 heteroatoms. The summed E-state index contributed by atoms with van der Waals surface area (Å²) < 4.78 is 0. The van der Waals surface area contributed by atoms with Crippen molar-refractivity contribution < 1.29 is 0 Å². The van der Waals surface area contributed by atoms with Crippen LogP contribution in [0.2, 0.25) is 0 Å². The molecule has 0 spiro atoms. The highest BCUT2D eigenvalue weighted by atomic mass is 14.9. The Kier molecular flexibility index (Phi) is 0.692. The SMILES string of the molecule is c1c[nH]c([C]2CC2)n1. The van der Waals surface area contributed by atoms with Crippen LogP contribution in [0.1, 0.15) is 18.7 Å². The van der Waals surface area contributed by atoms with E-state index in [9.17, 15) is 0 Å². The lowest BCUT2D eigenvalue weighted by molar-refractivity contribution is 1.14. The number of nitrogens with zero attached hydrogens (tertiary/aromatic N) is 1. The van der Waals surface area contributed by atoms with Crippen molar-refractivity contribution >= 4 is 0 Å². The van der Waals surface area contributed by atoms with Crippen LogP contribution in [0.5, 0.6) is 0 Å². The van der Waals surface area contributed by atoms with Gasteiger partial charge in [-0.1, -0.05) is 0 Å². The van der Waals surface area contributed by atoms with Crippen LogP contribution in [0, 0.1) is 5.92 Å². The molecule has 0 atom stereocenters. The molecule has 1 aliphatic rings. The van der Waals surface area contributed by atoms with Crippen LogP contribution in [0.3, 0.4) is 0 Å². The second kappa shape index (κ2) is 1.34. The average molecular weight is 107 g/mol. The van der Waals surface area contributed by atoms with E-state index in [-0.39, 0.29) is 0 Å². The third-order valence-corrected chi connectivity index (χ3v) is 1.33. The zero-order chi connectivity index (χ0) is 5.40. The van der Waals surface area contributed by atoms with Gasteiger partial charge in [-0.3, -0.25) is 0 Å². The normalized spacial score (nSPS) is 19.0. The van der Waals surface area contributed by atoms with E-state index in [0.717, 1.165) is 5.82 Å². The van der Waals surface area contributed by atoms with Crippen LogP contribution in [0.25, 0.3) is 0 Å². The minimum atomic E-state index is 1.09. The molecule has 1 aromatic heterocycles. The number of aromatic amines is 1. The van der Waals surface area contributed by atoms with E-state index in [1.54, 1.807) is 6.20 Å². The van der Waals surface area contributed by atoms with E-state index in [2.05, 4.69) is 9.97 Å². The highest BCUT2D eigenvalue weighted by Gasteiger charge is 2.26. The highest BCUT2D eigenvalue weighted by molar-refractivity contribution is 5.24. The Balaban J connectivity index is 2.28. The van der Waals surface area contributed by atoms with Gasteiger partial charge in [0, 0.05) is 18.3 Å². The second-order valence-corrected chi connectivity index (χ2v) is 2.04. The maximum absolute atomic E-state index is 4.09. The molecule has 8 heavy (non-hydrogen) atoms. The fraction of sp³-hybridized carbons (Fsp3) is 0.333. The number of imidazole rings is 1. The van der Waals surface area contributed by atoms with Gasteiger partial charge in [-0.2, -0.15) is 0 Å². The van der Waals surface area contributed by atoms with Crippen molar-refractivity contribution in [2.24, 2.45) is 0 Å². The van der Waals surface area contributed by atoms with Gasteiger partial charge in [0.15, 0.2) is 0 Å². The Morgan fingerprint density at radius 2 is 2.38 bits per heavy atom. The lowest BCUT2D eigenvalue weighted by Gasteiger charge is -1.82. The Morgan fingerprint density at radius 3 is 2.88 bits per heavy atom. The van der Waals surface area contributed by atoms with E-state index < -0.39 is 0 Å². The van der Waals surface area contributed by atoms with Crippen LogP contribution in [0.15, 0.2) is 12.4 Å². The molecule has 1 saturated carbocycles. The highest BCUT2D eigenvalue weighted by Crippen LogP contribution is 2.36. The maximum atomic E-state index is 4.09. The number of nitrogens with one attached hydrogen (secondary N) is 1. The summed E-state index contributed by atoms with van der Waals surface area (Å²) in [5, 5.41) is 0. The fourth-order valence-corrected chi connectivity index (χ4v) is 0.758. The van der Waals surface area contributed by atoms with Crippen molar-refractivity contribution in [3.63, 3.8) is 0 Å². The van der Waals surface area contributed by atoms with E-state index >= 15 is 0 Å². The second-order valence-electron chi connectivity index (χ2n) is 2.04. The molecular formula is C6H7N2. The standard InChI is InChI=1S/C6H7N2/c1-2-5(1)6-7-3-4-8-6/h3-4H,1-2H2,(H,7,8). The van der Waals surface area contributed by atoms with Crippen LogP contribution in [0.4, 0.5) is 0 Å². The van der Waals surface area contributed by atoms with Gasteiger partial charge < -0.3 is 4.98 Å². The predicted octanol–water partition coefficient (Wildman–Crippen LogP) is 1.13. The van der Waals surface area contributed by atoms with Gasteiger partial charge in [0.05, 0.1) is 0 Å². The van der Waals surface area contributed by atoms with Crippen molar-refractivity contribution in [2.75, 3.05) is 0 Å². The van der Waals surface area contributed by atoms with E-state index in [1.807, 2.05) is 6.20 Å². The summed E-state index contributed by atoms with van der Waals surface area (Å²) >= 11 is 0. The molecule has 1 fully saturated rings. The molecule has 2 nitrogen and oxygen atoms in total. The summed E-state index contributed by atoms with van der Waals surface area (Å²) in [6.07, 6.45) is 6.14. The number of rotatable bonds is 1. The van der Waals surface area contributed by atoms with Crippen LogP contribution in [-0.2, 0) is 0 Å². The summed E-state index contributed by atoms with van der Waals surface area (Å²) in [6.45, 7) is 0. The number of hydrogen-bond acceptors (Lipinski definition) is 1. The molecule has 0 unspecified atom stereocenters. The quantitative estimate of drug-likeness (QED) is 0.572. The smallest absolute Gasteiger partial charge is 0.113 e. The third kappa shape index (κ3) is 0.529. The van der Waals surface area contributed by atoms with Gasteiger partial charge >= 0.3 is 0 Å². The molecule has 0 aromatic carbocycles. The van der Waals surface area contributed by atoms with Gasteiger partial charge in [-0.25, -0.2) is 4.98 Å². The minimum absolute atomic E-state index is 1.09. The zero-order valence-electron chi connectivity index (χ0n) is 4.52. The lowest BCUT2D eigenvalue weighted by atomic mass is 10.4. The first-order valence-electron chi connectivity index (χ1n) is 2.81. The number of aromatic nitrogens is 2. The molecule has 2 rings (SSSR count). The van der Waals surface area contributed by atoms with Gasteiger partial charge in [-0.05, 0) is 12.8 Å². The molecule has 1 N–H and O–H groups in total. The van der Waals surface area contributed by atoms with E-state index in [0.29, 0.717) is 0 Å². The Bertz CT molecular complexity index is 163. The molecule has 1 heterocycles. The lowest BCUT2D eigenvalue weighted by Crippen LogP contribution is -1.79. The maximum Gasteiger partial charge on any atom is 0.113 e. The van der Waals surface area contributed by atoms with Crippen LogP contribution >= 0.6 is 0 Å². The van der Waals surface area contributed by atoms with Crippen molar-refractivity contribution in [3.05, 3.63) is 24.1 Å². The molecular weight excluding hydrogens is 100 g/mol. The summed E-state index contributed by atoms with van der Waals surface area (Å²) in [5.74, 6) is 2.56. The van der Waals surface area contributed by atoms with Crippen molar-refractivity contribution in [2.45, 2.75) is 12.8 Å². The summed E-state index contributed by atoms with van der Waals surface area (Å²) in [5.41, 5.74) is 0. The summed E-state index contributed by atoms with van der Waals surface area (Å²) in [4.78, 5) is 7.14. The Labute approximate surface area is 47.9 Å². The van der Waals surface area contributed by atoms with Gasteiger partial charge in [0.25, 0.3) is 0 Å².